The lowest BCUT2D eigenvalue weighted by molar-refractivity contribution is -0.133. The molecular formula is C17H22ClNO2. The van der Waals surface area contributed by atoms with Crippen molar-refractivity contribution in [1.29, 1.82) is 0 Å². The van der Waals surface area contributed by atoms with E-state index in [2.05, 4.69) is 13.8 Å². The number of rotatable bonds is 4. The molecule has 2 rings (SSSR count). The lowest BCUT2D eigenvalue weighted by Gasteiger charge is -2.35. The molecule has 0 aromatic heterocycles. The Hall–Kier alpha value is -1.35. The monoisotopic (exact) mass is 307 g/mol. The van der Waals surface area contributed by atoms with Crippen LogP contribution in [0.3, 0.4) is 0 Å². The van der Waals surface area contributed by atoms with Crippen LogP contribution in [0.1, 0.15) is 43.5 Å². The summed E-state index contributed by atoms with van der Waals surface area (Å²) < 4.78 is 0. The van der Waals surface area contributed by atoms with Gasteiger partial charge in [-0.05, 0) is 42.5 Å². The standard InChI is InChI=1S/C17H22ClNO2/c1-12-9-13(2)11-19(10-12)17(21)8-7-16(20)14-3-5-15(18)6-4-14/h3-6,12-13H,7-11H2,1-2H3. The Kier molecular flexibility index (Phi) is 5.40. The van der Waals surface area contributed by atoms with Crippen molar-refractivity contribution in [2.75, 3.05) is 13.1 Å². The number of likely N-dealkylation sites (tertiary alicyclic amines) is 1. The number of nitrogens with zero attached hydrogens (tertiary/aromatic N) is 1. The van der Waals surface area contributed by atoms with Gasteiger partial charge in [0.1, 0.15) is 0 Å². The van der Waals surface area contributed by atoms with Gasteiger partial charge in [-0.1, -0.05) is 25.4 Å². The molecule has 1 aliphatic rings. The third-order valence-electron chi connectivity index (χ3n) is 3.95. The van der Waals surface area contributed by atoms with Gasteiger partial charge in [-0.15, -0.1) is 0 Å². The number of amides is 1. The summed E-state index contributed by atoms with van der Waals surface area (Å²) in [5, 5.41) is 0.610. The van der Waals surface area contributed by atoms with Crippen molar-refractivity contribution >= 4 is 23.3 Å². The molecule has 1 aromatic rings. The molecular weight excluding hydrogens is 286 g/mol. The molecule has 1 fully saturated rings. The molecule has 114 valence electrons. The molecule has 0 radical (unpaired) electrons. The van der Waals surface area contributed by atoms with Crippen LogP contribution in [0, 0.1) is 11.8 Å². The van der Waals surface area contributed by atoms with Gasteiger partial charge >= 0.3 is 0 Å². The van der Waals surface area contributed by atoms with E-state index in [1.54, 1.807) is 24.3 Å². The van der Waals surface area contributed by atoms with Gasteiger partial charge < -0.3 is 4.90 Å². The highest BCUT2D eigenvalue weighted by molar-refractivity contribution is 6.30. The normalized spacial score (nSPS) is 22.1. The number of Topliss-reactive ketones (excluding diaryl/α,β-unsaturated/α-hetero) is 1. The zero-order chi connectivity index (χ0) is 15.4. The summed E-state index contributed by atoms with van der Waals surface area (Å²) in [7, 11) is 0. The second kappa shape index (κ2) is 7.08. The van der Waals surface area contributed by atoms with E-state index in [1.807, 2.05) is 4.90 Å². The summed E-state index contributed by atoms with van der Waals surface area (Å²) in [6, 6.07) is 6.82. The molecule has 0 bridgehead atoms. The van der Waals surface area contributed by atoms with Crippen LogP contribution >= 0.6 is 11.6 Å². The second-order valence-electron chi connectivity index (χ2n) is 6.17. The molecule has 0 aliphatic carbocycles. The Labute approximate surface area is 131 Å². The maximum absolute atomic E-state index is 12.2. The van der Waals surface area contributed by atoms with E-state index in [4.69, 9.17) is 11.6 Å². The molecule has 1 amide bonds. The van der Waals surface area contributed by atoms with E-state index in [9.17, 15) is 9.59 Å². The molecule has 1 aromatic carbocycles. The van der Waals surface area contributed by atoms with E-state index in [0.717, 1.165) is 13.1 Å². The summed E-state index contributed by atoms with van der Waals surface area (Å²) in [4.78, 5) is 26.2. The molecule has 3 nitrogen and oxygen atoms in total. The molecule has 1 aliphatic heterocycles. The molecule has 1 saturated heterocycles. The van der Waals surface area contributed by atoms with Crippen LogP contribution in [-0.2, 0) is 4.79 Å². The summed E-state index contributed by atoms with van der Waals surface area (Å²) in [5.74, 6) is 1.18. The maximum atomic E-state index is 12.2. The molecule has 0 spiro atoms. The van der Waals surface area contributed by atoms with Crippen LogP contribution in [0.4, 0.5) is 0 Å². The number of piperidine rings is 1. The lowest BCUT2D eigenvalue weighted by atomic mass is 9.91. The smallest absolute Gasteiger partial charge is 0.223 e. The molecule has 21 heavy (non-hydrogen) atoms. The Morgan fingerprint density at radius 2 is 1.67 bits per heavy atom. The van der Waals surface area contributed by atoms with Gasteiger partial charge in [0.25, 0.3) is 0 Å². The number of ketones is 1. The van der Waals surface area contributed by atoms with Crippen LogP contribution in [0.2, 0.25) is 5.02 Å². The van der Waals surface area contributed by atoms with Crippen molar-refractivity contribution in [3.63, 3.8) is 0 Å². The third-order valence-corrected chi connectivity index (χ3v) is 4.21. The Balaban J connectivity index is 1.86. The van der Waals surface area contributed by atoms with E-state index in [0.29, 0.717) is 28.8 Å². The minimum absolute atomic E-state index is 0.00174. The van der Waals surface area contributed by atoms with E-state index in [-0.39, 0.29) is 18.1 Å². The van der Waals surface area contributed by atoms with Crippen molar-refractivity contribution in [2.24, 2.45) is 11.8 Å². The average molecular weight is 308 g/mol. The zero-order valence-electron chi connectivity index (χ0n) is 12.6. The van der Waals surface area contributed by atoms with Crippen molar-refractivity contribution in [1.82, 2.24) is 4.90 Å². The van der Waals surface area contributed by atoms with Crippen molar-refractivity contribution in [2.45, 2.75) is 33.1 Å². The molecule has 2 unspecified atom stereocenters. The third kappa shape index (κ3) is 4.57. The first-order chi connectivity index (χ1) is 9.95. The molecule has 2 atom stereocenters. The van der Waals surface area contributed by atoms with Gasteiger partial charge in [0.2, 0.25) is 5.91 Å². The van der Waals surface area contributed by atoms with Crippen LogP contribution in [0.25, 0.3) is 0 Å². The molecule has 4 heteroatoms. The van der Waals surface area contributed by atoms with Gasteiger partial charge in [-0.2, -0.15) is 0 Å². The van der Waals surface area contributed by atoms with Crippen molar-refractivity contribution in [3.05, 3.63) is 34.9 Å². The Morgan fingerprint density at radius 3 is 2.24 bits per heavy atom. The predicted molar refractivity (Wildman–Crippen MR) is 84.5 cm³/mol. The van der Waals surface area contributed by atoms with Gasteiger partial charge in [0, 0.05) is 36.5 Å². The zero-order valence-corrected chi connectivity index (χ0v) is 13.4. The van der Waals surface area contributed by atoms with Crippen molar-refractivity contribution in [3.8, 4) is 0 Å². The summed E-state index contributed by atoms with van der Waals surface area (Å²) in [6.45, 7) is 5.99. The number of hydrogen-bond acceptors (Lipinski definition) is 2. The fraction of sp³-hybridized carbons (Fsp3) is 0.529. The first kappa shape index (κ1) is 16.0. The number of benzene rings is 1. The summed E-state index contributed by atoms with van der Waals surface area (Å²) >= 11 is 5.80. The van der Waals surface area contributed by atoms with E-state index in [1.165, 1.54) is 6.42 Å². The van der Waals surface area contributed by atoms with Crippen LogP contribution < -0.4 is 0 Å². The van der Waals surface area contributed by atoms with Crippen LogP contribution in [0.5, 0.6) is 0 Å². The van der Waals surface area contributed by atoms with Gasteiger partial charge in [0.05, 0.1) is 0 Å². The predicted octanol–water partition coefficient (Wildman–Crippen LogP) is 3.81. The fourth-order valence-corrected chi connectivity index (χ4v) is 3.15. The summed E-state index contributed by atoms with van der Waals surface area (Å²) in [5.41, 5.74) is 0.618. The fourth-order valence-electron chi connectivity index (χ4n) is 3.03. The Morgan fingerprint density at radius 1 is 1.10 bits per heavy atom. The van der Waals surface area contributed by atoms with Gasteiger partial charge in [0.15, 0.2) is 5.78 Å². The van der Waals surface area contributed by atoms with Crippen LogP contribution in [0.15, 0.2) is 24.3 Å². The number of hydrogen-bond donors (Lipinski definition) is 0. The minimum atomic E-state index is -0.00174. The largest absolute Gasteiger partial charge is 0.342 e. The highest BCUT2D eigenvalue weighted by Gasteiger charge is 2.25. The first-order valence-electron chi connectivity index (χ1n) is 7.52. The number of carbonyl (C=O) groups excluding carboxylic acids is 2. The highest BCUT2D eigenvalue weighted by Crippen LogP contribution is 2.22. The van der Waals surface area contributed by atoms with Gasteiger partial charge in [-0.3, -0.25) is 9.59 Å². The summed E-state index contributed by atoms with van der Waals surface area (Å²) in [6.07, 6.45) is 1.73. The SMILES string of the molecule is CC1CC(C)CN(C(=O)CCC(=O)c2ccc(Cl)cc2)C1. The molecule has 1 heterocycles. The highest BCUT2D eigenvalue weighted by atomic mass is 35.5. The van der Waals surface area contributed by atoms with Gasteiger partial charge in [-0.25, -0.2) is 0 Å². The maximum Gasteiger partial charge on any atom is 0.223 e. The number of carbonyl (C=O) groups is 2. The quantitative estimate of drug-likeness (QED) is 0.793. The topological polar surface area (TPSA) is 37.4 Å². The van der Waals surface area contributed by atoms with E-state index >= 15 is 0 Å². The van der Waals surface area contributed by atoms with Crippen molar-refractivity contribution < 1.29 is 9.59 Å². The van der Waals surface area contributed by atoms with E-state index < -0.39 is 0 Å². The average Bonchev–Trinajstić information content (AvgIpc) is 2.44. The first-order valence-corrected chi connectivity index (χ1v) is 7.90. The lowest BCUT2D eigenvalue weighted by Crippen LogP contribution is -2.42. The Bertz CT molecular complexity index is 502. The second-order valence-corrected chi connectivity index (χ2v) is 6.61. The number of halogens is 1. The molecule has 0 saturated carbocycles. The minimum Gasteiger partial charge on any atom is -0.342 e. The van der Waals surface area contributed by atoms with Crippen LogP contribution in [-0.4, -0.2) is 29.7 Å². The molecule has 0 N–H and O–H groups in total.